The van der Waals surface area contributed by atoms with Gasteiger partial charge in [0.05, 0.1) is 11.3 Å². The number of rotatable bonds is 3. The van der Waals surface area contributed by atoms with Crippen LogP contribution in [0.3, 0.4) is 0 Å². The first-order valence-corrected chi connectivity index (χ1v) is 9.01. The average Bonchev–Trinajstić information content (AvgIpc) is 3.28. The van der Waals surface area contributed by atoms with E-state index in [1.807, 2.05) is 30.3 Å². The molecule has 0 unspecified atom stereocenters. The fraction of sp³-hybridized carbons (Fsp3) is 0.400. The number of fused-ring (bicyclic) bond motifs is 1. The highest BCUT2D eigenvalue weighted by molar-refractivity contribution is 6.05. The molecule has 128 valence electrons. The summed E-state index contributed by atoms with van der Waals surface area (Å²) in [6.07, 6.45) is 8.08. The number of carbonyl (C=O) groups excluding carboxylic acids is 1. The van der Waals surface area contributed by atoms with Gasteiger partial charge in [-0.2, -0.15) is 0 Å². The van der Waals surface area contributed by atoms with Crippen LogP contribution in [0.4, 0.5) is 5.69 Å². The molecule has 2 fully saturated rings. The normalized spacial score (nSPS) is 20.0. The first kappa shape index (κ1) is 14.8. The van der Waals surface area contributed by atoms with Crippen LogP contribution in [0.5, 0.6) is 11.5 Å². The molecule has 1 spiro atoms. The van der Waals surface area contributed by atoms with Crippen LogP contribution in [0.2, 0.25) is 0 Å². The van der Waals surface area contributed by atoms with Gasteiger partial charge >= 0.3 is 0 Å². The molecule has 1 aliphatic heterocycles. The van der Waals surface area contributed by atoms with Gasteiger partial charge in [-0.15, -0.1) is 0 Å². The first-order valence-electron chi connectivity index (χ1n) is 9.01. The molecule has 0 radical (unpaired) electrons. The molecule has 1 N–H and O–H groups in total. The lowest BCUT2D eigenvalue weighted by Crippen LogP contribution is -2.34. The maximum absolute atomic E-state index is 12.7. The lowest BCUT2D eigenvalue weighted by molar-refractivity contribution is -0.0716. The molecule has 2 aromatic rings. The number of pyridine rings is 1. The highest BCUT2D eigenvalue weighted by Gasteiger charge is 2.44. The Morgan fingerprint density at radius 2 is 1.92 bits per heavy atom. The summed E-state index contributed by atoms with van der Waals surface area (Å²) in [4.78, 5) is 17.1. The van der Waals surface area contributed by atoms with Crippen LogP contribution in [-0.2, 0) is 0 Å². The zero-order valence-corrected chi connectivity index (χ0v) is 14.0. The molecule has 2 saturated carbocycles. The fourth-order valence-corrected chi connectivity index (χ4v) is 3.78. The number of hydrogen-bond donors (Lipinski definition) is 1. The van der Waals surface area contributed by atoms with Crippen molar-refractivity contribution in [2.45, 2.75) is 50.2 Å². The smallest absolute Gasteiger partial charge is 0.257 e. The summed E-state index contributed by atoms with van der Waals surface area (Å²) in [6.45, 7) is 0. The Bertz CT molecular complexity index is 839. The summed E-state index contributed by atoms with van der Waals surface area (Å²) in [6, 6.07) is 9.25. The van der Waals surface area contributed by atoms with Crippen LogP contribution in [0, 0.1) is 0 Å². The molecule has 0 atom stereocenters. The number of nitrogens with zero attached hydrogens (tertiary/aromatic N) is 1. The maximum Gasteiger partial charge on any atom is 0.257 e. The fourth-order valence-electron chi connectivity index (χ4n) is 3.78. The summed E-state index contributed by atoms with van der Waals surface area (Å²) in [5.74, 6) is 1.31. The molecule has 2 heterocycles. The molecule has 5 rings (SSSR count). The number of benzene rings is 1. The molecule has 0 bridgehead atoms. The SMILES string of the molecule is O=C(Nc1ccc2c(c1)OC1(CCCC1)O2)c1cccnc1C1CC1. The lowest BCUT2D eigenvalue weighted by Gasteiger charge is -2.21. The Hall–Kier alpha value is -2.56. The number of aromatic nitrogens is 1. The molecular weight excluding hydrogens is 316 g/mol. The van der Waals surface area contributed by atoms with Crippen molar-refractivity contribution >= 4 is 11.6 Å². The molecule has 3 aliphatic rings. The Morgan fingerprint density at radius 1 is 1.12 bits per heavy atom. The maximum atomic E-state index is 12.7. The van der Waals surface area contributed by atoms with Gasteiger partial charge in [0, 0.05) is 36.7 Å². The van der Waals surface area contributed by atoms with Gasteiger partial charge in [0.15, 0.2) is 11.5 Å². The van der Waals surface area contributed by atoms with E-state index >= 15 is 0 Å². The van der Waals surface area contributed by atoms with E-state index in [0.29, 0.717) is 22.9 Å². The molecule has 25 heavy (non-hydrogen) atoms. The van der Waals surface area contributed by atoms with Crippen molar-refractivity contribution in [2.75, 3.05) is 5.32 Å². The molecule has 1 aromatic carbocycles. The van der Waals surface area contributed by atoms with E-state index in [1.54, 1.807) is 6.20 Å². The quantitative estimate of drug-likeness (QED) is 0.910. The van der Waals surface area contributed by atoms with Crippen LogP contribution >= 0.6 is 0 Å². The second-order valence-electron chi connectivity index (χ2n) is 7.15. The van der Waals surface area contributed by atoms with E-state index in [9.17, 15) is 4.79 Å². The van der Waals surface area contributed by atoms with Crippen molar-refractivity contribution < 1.29 is 14.3 Å². The standard InChI is InChI=1S/C20H20N2O3/c23-19(15-4-3-11-21-18(15)13-5-6-13)22-14-7-8-16-17(12-14)25-20(24-16)9-1-2-10-20/h3-4,7-8,11-13H,1-2,5-6,9-10H2,(H,22,23). The van der Waals surface area contributed by atoms with Crippen molar-refractivity contribution in [1.82, 2.24) is 4.98 Å². The minimum absolute atomic E-state index is 0.121. The number of carbonyl (C=O) groups is 1. The molecule has 5 heteroatoms. The zero-order chi connectivity index (χ0) is 16.9. The largest absolute Gasteiger partial charge is 0.448 e. The third kappa shape index (κ3) is 2.64. The van der Waals surface area contributed by atoms with Gasteiger partial charge in [-0.25, -0.2) is 0 Å². The van der Waals surface area contributed by atoms with Crippen molar-refractivity contribution in [1.29, 1.82) is 0 Å². The summed E-state index contributed by atoms with van der Waals surface area (Å²) in [5.41, 5.74) is 2.29. The van der Waals surface area contributed by atoms with Gasteiger partial charge in [0.2, 0.25) is 0 Å². The number of nitrogens with one attached hydrogen (secondary N) is 1. The van der Waals surface area contributed by atoms with Crippen LogP contribution in [0.25, 0.3) is 0 Å². The van der Waals surface area contributed by atoms with Crippen LogP contribution in [0.1, 0.15) is 60.5 Å². The predicted molar refractivity (Wildman–Crippen MR) is 93.1 cm³/mol. The molecule has 1 amide bonds. The molecule has 0 saturated heterocycles. The van der Waals surface area contributed by atoms with E-state index < -0.39 is 5.79 Å². The topological polar surface area (TPSA) is 60.5 Å². The number of hydrogen-bond acceptors (Lipinski definition) is 4. The third-order valence-corrected chi connectivity index (χ3v) is 5.21. The number of anilines is 1. The van der Waals surface area contributed by atoms with E-state index in [2.05, 4.69) is 10.3 Å². The van der Waals surface area contributed by atoms with Crippen molar-refractivity contribution in [3.8, 4) is 11.5 Å². The Morgan fingerprint density at radius 3 is 2.72 bits per heavy atom. The monoisotopic (exact) mass is 336 g/mol. The van der Waals surface area contributed by atoms with Gasteiger partial charge in [0.1, 0.15) is 0 Å². The van der Waals surface area contributed by atoms with E-state index in [-0.39, 0.29) is 5.91 Å². The molecule has 2 aliphatic carbocycles. The zero-order valence-electron chi connectivity index (χ0n) is 14.0. The van der Waals surface area contributed by atoms with Crippen LogP contribution < -0.4 is 14.8 Å². The minimum Gasteiger partial charge on any atom is -0.448 e. The summed E-state index contributed by atoms with van der Waals surface area (Å²) >= 11 is 0. The Kier molecular flexibility index (Phi) is 3.23. The second kappa shape index (κ2) is 5.48. The Balaban J connectivity index is 1.37. The summed E-state index contributed by atoms with van der Waals surface area (Å²) < 4.78 is 12.1. The second-order valence-corrected chi connectivity index (χ2v) is 7.15. The minimum atomic E-state index is -0.479. The Labute approximate surface area is 146 Å². The van der Waals surface area contributed by atoms with Crippen molar-refractivity contribution in [2.24, 2.45) is 0 Å². The molecule has 5 nitrogen and oxygen atoms in total. The molecular formula is C20H20N2O3. The highest BCUT2D eigenvalue weighted by atomic mass is 16.7. The van der Waals surface area contributed by atoms with Gasteiger partial charge in [-0.1, -0.05) is 0 Å². The van der Waals surface area contributed by atoms with E-state index in [1.165, 1.54) is 0 Å². The summed E-state index contributed by atoms with van der Waals surface area (Å²) in [7, 11) is 0. The van der Waals surface area contributed by atoms with Crippen LogP contribution in [-0.4, -0.2) is 16.7 Å². The van der Waals surface area contributed by atoms with E-state index in [0.717, 1.165) is 50.0 Å². The van der Waals surface area contributed by atoms with Gasteiger partial charge in [0.25, 0.3) is 11.7 Å². The van der Waals surface area contributed by atoms with E-state index in [4.69, 9.17) is 9.47 Å². The number of ether oxygens (including phenoxy) is 2. The number of amides is 1. The van der Waals surface area contributed by atoms with Crippen LogP contribution in [0.15, 0.2) is 36.5 Å². The highest BCUT2D eigenvalue weighted by Crippen LogP contribution is 2.47. The van der Waals surface area contributed by atoms with Gasteiger partial charge < -0.3 is 14.8 Å². The van der Waals surface area contributed by atoms with Crippen molar-refractivity contribution in [3.05, 3.63) is 47.8 Å². The lowest BCUT2D eigenvalue weighted by atomic mass is 10.1. The van der Waals surface area contributed by atoms with Crippen molar-refractivity contribution in [3.63, 3.8) is 0 Å². The predicted octanol–water partition coefficient (Wildman–Crippen LogP) is 4.25. The van der Waals surface area contributed by atoms with Gasteiger partial charge in [-0.3, -0.25) is 9.78 Å². The van der Waals surface area contributed by atoms with Gasteiger partial charge in [-0.05, 0) is 49.9 Å². The third-order valence-electron chi connectivity index (χ3n) is 5.21. The first-order chi connectivity index (χ1) is 12.2. The molecule has 1 aromatic heterocycles. The average molecular weight is 336 g/mol. The summed E-state index contributed by atoms with van der Waals surface area (Å²) in [5, 5.41) is 2.98.